The second-order valence-corrected chi connectivity index (χ2v) is 8.07. The Balaban J connectivity index is 1.71. The van der Waals surface area contributed by atoms with E-state index < -0.39 is 0 Å². The molecule has 0 fully saturated rings. The molecule has 3 rings (SSSR count). The molecule has 0 aliphatic carbocycles. The molecule has 7 heteroatoms. The first-order valence-corrected chi connectivity index (χ1v) is 10.3. The number of carbonyl (C=O) groups is 3. The molecule has 1 aliphatic rings. The van der Waals surface area contributed by atoms with Crippen molar-refractivity contribution in [2.45, 2.75) is 40.5 Å². The summed E-state index contributed by atoms with van der Waals surface area (Å²) >= 11 is 0. The van der Waals surface area contributed by atoms with Crippen LogP contribution in [0.25, 0.3) is 0 Å². The average Bonchev–Trinajstić information content (AvgIpc) is 2.70. The van der Waals surface area contributed by atoms with E-state index in [9.17, 15) is 14.4 Å². The van der Waals surface area contributed by atoms with Crippen LogP contribution in [0.5, 0.6) is 0 Å². The molecule has 0 atom stereocenters. The molecule has 1 heterocycles. The molecule has 0 unspecified atom stereocenters. The third-order valence-electron chi connectivity index (χ3n) is 5.19. The Kier molecular flexibility index (Phi) is 6.53. The molecular weight excluding hydrogens is 392 g/mol. The van der Waals surface area contributed by atoms with Crippen LogP contribution in [0.3, 0.4) is 0 Å². The maximum absolute atomic E-state index is 12.9. The lowest BCUT2D eigenvalue weighted by Gasteiger charge is -2.25. The Morgan fingerprint density at radius 3 is 2.35 bits per heavy atom. The van der Waals surface area contributed by atoms with Crippen LogP contribution in [0.15, 0.2) is 41.5 Å². The number of nitrogens with zero attached hydrogens (tertiary/aromatic N) is 3. The monoisotopic (exact) mass is 420 g/mol. The SMILES string of the molecule is Cc1cccc(N2N=C(C(=O)N(C)CC(=O)Nc3c(C)cc(C)cc3C)CCC2=O)c1. The van der Waals surface area contributed by atoms with Gasteiger partial charge in [0.25, 0.3) is 5.91 Å². The van der Waals surface area contributed by atoms with E-state index in [-0.39, 0.29) is 42.8 Å². The Morgan fingerprint density at radius 2 is 1.71 bits per heavy atom. The molecule has 0 spiro atoms. The first-order valence-electron chi connectivity index (χ1n) is 10.3. The smallest absolute Gasteiger partial charge is 0.270 e. The highest BCUT2D eigenvalue weighted by molar-refractivity contribution is 6.40. The van der Waals surface area contributed by atoms with Crippen molar-refractivity contribution in [2.75, 3.05) is 23.9 Å². The van der Waals surface area contributed by atoms with E-state index >= 15 is 0 Å². The zero-order chi connectivity index (χ0) is 22.7. The van der Waals surface area contributed by atoms with Gasteiger partial charge < -0.3 is 10.2 Å². The molecule has 1 N–H and O–H groups in total. The van der Waals surface area contributed by atoms with Crippen molar-refractivity contribution >= 4 is 34.8 Å². The molecule has 0 bridgehead atoms. The number of likely N-dealkylation sites (N-methyl/N-ethyl adjacent to an activating group) is 1. The molecule has 2 aromatic rings. The van der Waals surface area contributed by atoms with E-state index in [1.165, 1.54) is 9.91 Å². The Hall–Kier alpha value is -3.48. The van der Waals surface area contributed by atoms with Gasteiger partial charge in [-0.1, -0.05) is 29.8 Å². The molecule has 31 heavy (non-hydrogen) atoms. The highest BCUT2D eigenvalue weighted by Crippen LogP contribution is 2.23. The molecule has 162 valence electrons. The third-order valence-corrected chi connectivity index (χ3v) is 5.19. The number of hydrogen-bond acceptors (Lipinski definition) is 4. The number of hydrazone groups is 1. The summed E-state index contributed by atoms with van der Waals surface area (Å²) in [6, 6.07) is 11.4. The third kappa shape index (κ3) is 5.17. The maximum Gasteiger partial charge on any atom is 0.270 e. The minimum Gasteiger partial charge on any atom is -0.331 e. The number of anilines is 2. The van der Waals surface area contributed by atoms with Crippen LogP contribution in [0.2, 0.25) is 0 Å². The van der Waals surface area contributed by atoms with E-state index in [4.69, 9.17) is 0 Å². The standard InChI is InChI=1S/C24H28N4O3/c1-15-7-6-8-19(13-15)28-22(30)10-9-20(26-28)24(31)27(5)14-21(29)25-23-17(3)11-16(2)12-18(23)4/h6-8,11-13H,9-10,14H2,1-5H3,(H,25,29). The summed E-state index contributed by atoms with van der Waals surface area (Å²) in [5.41, 5.74) is 5.73. The van der Waals surface area contributed by atoms with Gasteiger partial charge in [0.15, 0.2) is 0 Å². The minimum atomic E-state index is -0.363. The predicted molar refractivity (Wildman–Crippen MR) is 122 cm³/mol. The molecule has 0 aromatic heterocycles. The van der Waals surface area contributed by atoms with Crippen molar-refractivity contribution in [2.24, 2.45) is 5.10 Å². The number of amides is 3. The van der Waals surface area contributed by atoms with E-state index in [1.54, 1.807) is 13.1 Å². The van der Waals surface area contributed by atoms with Crippen LogP contribution in [-0.4, -0.2) is 41.9 Å². The first-order chi connectivity index (χ1) is 14.7. The van der Waals surface area contributed by atoms with Gasteiger partial charge in [0.05, 0.1) is 12.2 Å². The van der Waals surface area contributed by atoms with Crippen LogP contribution < -0.4 is 10.3 Å². The van der Waals surface area contributed by atoms with Gasteiger partial charge in [0.2, 0.25) is 11.8 Å². The van der Waals surface area contributed by atoms with Gasteiger partial charge in [0.1, 0.15) is 5.71 Å². The van der Waals surface area contributed by atoms with Crippen molar-refractivity contribution in [3.63, 3.8) is 0 Å². The molecule has 0 saturated carbocycles. The van der Waals surface area contributed by atoms with Crippen LogP contribution in [0.4, 0.5) is 11.4 Å². The first kappa shape index (κ1) is 22.2. The summed E-state index contributed by atoms with van der Waals surface area (Å²) in [5.74, 6) is -0.806. The lowest BCUT2D eigenvalue weighted by Crippen LogP contribution is -2.42. The zero-order valence-electron chi connectivity index (χ0n) is 18.7. The molecule has 0 saturated heterocycles. The summed E-state index contributed by atoms with van der Waals surface area (Å²) < 4.78 is 0. The van der Waals surface area contributed by atoms with E-state index in [0.717, 1.165) is 27.9 Å². The zero-order valence-corrected chi connectivity index (χ0v) is 18.7. The average molecular weight is 421 g/mol. The number of aryl methyl sites for hydroxylation is 4. The second-order valence-electron chi connectivity index (χ2n) is 8.07. The normalized spacial score (nSPS) is 13.6. The molecule has 2 aromatic carbocycles. The predicted octanol–water partition coefficient (Wildman–Crippen LogP) is 3.50. The molecule has 7 nitrogen and oxygen atoms in total. The van der Waals surface area contributed by atoms with Gasteiger partial charge in [-0.3, -0.25) is 14.4 Å². The van der Waals surface area contributed by atoms with Gasteiger partial charge in [0, 0.05) is 25.6 Å². The second kappa shape index (κ2) is 9.12. The van der Waals surface area contributed by atoms with Gasteiger partial charge in [-0.15, -0.1) is 0 Å². The van der Waals surface area contributed by atoms with E-state index in [1.807, 2.05) is 58.0 Å². The van der Waals surface area contributed by atoms with Gasteiger partial charge >= 0.3 is 0 Å². The summed E-state index contributed by atoms with van der Waals surface area (Å²) in [6.07, 6.45) is 0.447. The van der Waals surface area contributed by atoms with E-state index in [2.05, 4.69) is 10.4 Å². The highest BCUT2D eigenvalue weighted by Gasteiger charge is 2.28. The maximum atomic E-state index is 12.9. The molecule has 0 radical (unpaired) electrons. The fourth-order valence-electron chi connectivity index (χ4n) is 3.73. The van der Waals surface area contributed by atoms with Gasteiger partial charge in [-0.2, -0.15) is 5.10 Å². The Labute approximate surface area is 182 Å². The lowest BCUT2D eigenvalue weighted by atomic mass is 10.1. The molecular formula is C24H28N4O3. The number of benzene rings is 2. The lowest BCUT2D eigenvalue weighted by molar-refractivity contribution is -0.128. The topological polar surface area (TPSA) is 82.1 Å². The fourth-order valence-corrected chi connectivity index (χ4v) is 3.73. The van der Waals surface area contributed by atoms with Crippen molar-refractivity contribution in [1.29, 1.82) is 0 Å². The summed E-state index contributed by atoms with van der Waals surface area (Å²) in [4.78, 5) is 39.1. The fraction of sp³-hybridized carbons (Fsp3) is 0.333. The minimum absolute atomic E-state index is 0.108. The van der Waals surface area contributed by atoms with Crippen molar-refractivity contribution in [1.82, 2.24) is 4.90 Å². The quantitative estimate of drug-likeness (QED) is 0.804. The van der Waals surface area contributed by atoms with Crippen LogP contribution >= 0.6 is 0 Å². The highest BCUT2D eigenvalue weighted by atomic mass is 16.2. The van der Waals surface area contributed by atoms with Crippen LogP contribution in [-0.2, 0) is 14.4 Å². The number of carbonyl (C=O) groups excluding carboxylic acids is 3. The van der Waals surface area contributed by atoms with Gasteiger partial charge in [-0.25, -0.2) is 5.01 Å². The molecule has 1 aliphatic heterocycles. The van der Waals surface area contributed by atoms with E-state index in [0.29, 0.717) is 5.69 Å². The van der Waals surface area contributed by atoms with Crippen molar-refractivity contribution < 1.29 is 14.4 Å². The summed E-state index contributed by atoms with van der Waals surface area (Å²) in [5, 5.41) is 8.48. The number of rotatable bonds is 5. The Morgan fingerprint density at radius 1 is 1.03 bits per heavy atom. The summed E-state index contributed by atoms with van der Waals surface area (Å²) in [6.45, 7) is 7.71. The summed E-state index contributed by atoms with van der Waals surface area (Å²) in [7, 11) is 1.56. The van der Waals surface area contributed by atoms with Crippen molar-refractivity contribution in [3.05, 3.63) is 58.7 Å². The van der Waals surface area contributed by atoms with Crippen LogP contribution in [0.1, 0.15) is 35.1 Å². The molecule has 3 amide bonds. The number of hydrogen-bond donors (Lipinski definition) is 1. The Bertz CT molecular complexity index is 1050. The largest absolute Gasteiger partial charge is 0.331 e. The van der Waals surface area contributed by atoms with Crippen LogP contribution in [0, 0.1) is 27.7 Å². The van der Waals surface area contributed by atoms with Gasteiger partial charge in [-0.05, 0) is 56.5 Å². The number of nitrogens with one attached hydrogen (secondary N) is 1. The van der Waals surface area contributed by atoms with Crippen molar-refractivity contribution in [3.8, 4) is 0 Å².